The number of aromatic nitrogens is 1. The molecule has 2 aromatic rings. The van der Waals surface area contributed by atoms with Crippen LogP contribution in [0.5, 0.6) is 0 Å². The van der Waals surface area contributed by atoms with Crippen molar-refractivity contribution >= 4 is 10.9 Å². The minimum atomic E-state index is 0.844. The predicted molar refractivity (Wildman–Crippen MR) is 77.4 cm³/mol. The van der Waals surface area contributed by atoms with Crippen molar-refractivity contribution in [1.29, 1.82) is 0 Å². The van der Waals surface area contributed by atoms with Gasteiger partial charge in [-0.15, -0.1) is 12.3 Å². The minimum Gasteiger partial charge on any atom is -0.347 e. The van der Waals surface area contributed by atoms with Gasteiger partial charge in [-0.1, -0.05) is 19.1 Å². The van der Waals surface area contributed by atoms with E-state index in [1.165, 1.54) is 16.5 Å². The van der Waals surface area contributed by atoms with E-state index < -0.39 is 0 Å². The normalized spacial score (nSPS) is 10.7. The molecule has 2 nitrogen and oxygen atoms in total. The molecule has 0 spiro atoms. The van der Waals surface area contributed by atoms with Gasteiger partial charge in [0.1, 0.15) is 0 Å². The highest BCUT2D eigenvalue weighted by Gasteiger charge is 2.04. The van der Waals surface area contributed by atoms with E-state index in [1.807, 2.05) is 0 Å². The van der Waals surface area contributed by atoms with E-state index in [4.69, 9.17) is 6.42 Å². The van der Waals surface area contributed by atoms with Crippen molar-refractivity contribution in [2.45, 2.75) is 32.9 Å². The maximum Gasteiger partial charge on any atom is 0.0483 e. The third kappa shape index (κ3) is 2.75. The molecule has 1 aromatic heterocycles. The van der Waals surface area contributed by atoms with Gasteiger partial charge in [0.15, 0.2) is 0 Å². The van der Waals surface area contributed by atoms with Gasteiger partial charge in [0.25, 0.3) is 0 Å². The van der Waals surface area contributed by atoms with Crippen molar-refractivity contribution in [3.8, 4) is 12.3 Å². The van der Waals surface area contributed by atoms with E-state index in [9.17, 15) is 0 Å². The lowest BCUT2D eigenvalue weighted by atomic mass is 10.1. The molecule has 0 fully saturated rings. The Balaban J connectivity index is 2.22. The molecule has 0 saturated carbocycles. The Morgan fingerprint density at radius 3 is 3.00 bits per heavy atom. The quantitative estimate of drug-likeness (QED) is 0.606. The number of hydrogen-bond donors (Lipinski definition) is 1. The van der Waals surface area contributed by atoms with E-state index in [0.29, 0.717) is 0 Å². The molecule has 18 heavy (non-hydrogen) atoms. The summed E-state index contributed by atoms with van der Waals surface area (Å²) in [7, 11) is 0. The summed E-state index contributed by atoms with van der Waals surface area (Å²) in [6, 6.07) is 8.71. The van der Waals surface area contributed by atoms with Crippen LogP contribution in [0.4, 0.5) is 0 Å². The van der Waals surface area contributed by atoms with Crippen LogP contribution in [0.2, 0.25) is 0 Å². The standard InChI is InChI=1S/C16H20N2/c1-3-5-6-11-18-12-10-15-14(13-17-4-2)8-7-9-16(15)18/h1,7-10,12,17H,4-6,11,13H2,2H3. The second kappa shape index (κ2) is 6.28. The van der Waals surface area contributed by atoms with Gasteiger partial charge in [-0.2, -0.15) is 0 Å². The molecule has 0 radical (unpaired) electrons. The molecular weight excluding hydrogens is 220 g/mol. The molecule has 0 amide bonds. The molecule has 0 aliphatic carbocycles. The Bertz CT molecular complexity index is 546. The minimum absolute atomic E-state index is 0.844. The molecule has 2 rings (SSSR count). The molecule has 0 bridgehead atoms. The predicted octanol–water partition coefficient (Wildman–Crippen LogP) is 3.16. The first-order valence-corrected chi connectivity index (χ1v) is 6.57. The van der Waals surface area contributed by atoms with Crippen LogP contribution in [0.25, 0.3) is 10.9 Å². The van der Waals surface area contributed by atoms with Gasteiger partial charge < -0.3 is 9.88 Å². The molecule has 2 heteroatoms. The number of aryl methyl sites for hydroxylation is 1. The smallest absolute Gasteiger partial charge is 0.0483 e. The SMILES string of the molecule is C#CCCCn1ccc2c(CNCC)cccc21. The van der Waals surface area contributed by atoms with Crippen LogP contribution in [-0.4, -0.2) is 11.1 Å². The fourth-order valence-corrected chi connectivity index (χ4v) is 2.25. The average molecular weight is 240 g/mol. The summed E-state index contributed by atoms with van der Waals surface area (Å²) in [5, 5.41) is 4.73. The molecule has 0 saturated heterocycles. The summed E-state index contributed by atoms with van der Waals surface area (Å²) < 4.78 is 2.29. The van der Waals surface area contributed by atoms with Gasteiger partial charge in [0, 0.05) is 36.6 Å². The average Bonchev–Trinajstić information content (AvgIpc) is 2.81. The van der Waals surface area contributed by atoms with Gasteiger partial charge in [-0.05, 0) is 30.7 Å². The fraction of sp³-hybridized carbons (Fsp3) is 0.375. The Labute approximate surface area is 109 Å². The lowest BCUT2D eigenvalue weighted by molar-refractivity contribution is 0.676. The third-order valence-corrected chi connectivity index (χ3v) is 3.19. The number of rotatable bonds is 6. The molecule has 1 aromatic carbocycles. The lowest BCUT2D eigenvalue weighted by Crippen LogP contribution is -2.11. The van der Waals surface area contributed by atoms with Gasteiger partial charge in [-0.25, -0.2) is 0 Å². The maximum absolute atomic E-state index is 5.29. The van der Waals surface area contributed by atoms with Gasteiger partial charge >= 0.3 is 0 Å². The molecular formula is C16H20N2. The van der Waals surface area contributed by atoms with E-state index in [0.717, 1.165) is 32.5 Å². The zero-order valence-electron chi connectivity index (χ0n) is 10.9. The van der Waals surface area contributed by atoms with Crippen LogP contribution in [-0.2, 0) is 13.1 Å². The number of unbranched alkanes of at least 4 members (excludes halogenated alkanes) is 1. The van der Waals surface area contributed by atoms with Gasteiger partial charge in [0.2, 0.25) is 0 Å². The second-order valence-electron chi connectivity index (χ2n) is 4.45. The fourth-order valence-electron chi connectivity index (χ4n) is 2.25. The summed E-state index contributed by atoms with van der Waals surface area (Å²) in [5.74, 6) is 2.69. The van der Waals surface area contributed by atoms with Crippen molar-refractivity contribution in [3.05, 3.63) is 36.0 Å². The van der Waals surface area contributed by atoms with Crippen LogP contribution in [0.1, 0.15) is 25.3 Å². The molecule has 94 valence electrons. The Hall–Kier alpha value is -1.72. The number of benzene rings is 1. The van der Waals surface area contributed by atoms with E-state index >= 15 is 0 Å². The van der Waals surface area contributed by atoms with Crippen LogP contribution in [0, 0.1) is 12.3 Å². The monoisotopic (exact) mass is 240 g/mol. The molecule has 0 unspecified atom stereocenters. The van der Waals surface area contributed by atoms with E-state index in [2.05, 4.69) is 53.2 Å². The summed E-state index contributed by atoms with van der Waals surface area (Å²) in [6.45, 7) is 5.06. The first-order chi connectivity index (χ1) is 8.86. The number of terminal acetylenes is 1. The topological polar surface area (TPSA) is 17.0 Å². The van der Waals surface area contributed by atoms with Crippen molar-refractivity contribution in [3.63, 3.8) is 0 Å². The van der Waals surface area contributed by atoms with Crippen LogP contribution in [0.15, 0.2) is 30.5 Å². The summed E-state index contributed by atoms with van der Waals surface area (Å²) in [6.07, 6.45) is 9.34. The van der Waals surface area contributed by atoms with Crippen LogP contribution >= 0.6 is 0 Å². The summed E-state index contributed by atoms with van der Waals surface area (Å²) in [5.41, 5.74) is 2.67. The van der Waals surface area contributed by atoms with Gasteiger partial charge in [-0.3, -0.25) is 0 Å². The highest BCUT2D eigenvalue weighted by atomic mass is 14.9. The van der Waals surface area contributed by atoms with E-state index in [-0.39, 0.29) is 0 Å². The van der Waals surface area contributed by atoms with Crippen molar-refractivity contribution in [1.82, 2.24) is 9.88 Å². The molecule has 0 atom stereocenters. The highest BCUT2D eigenvalue weighted by Crippen LogP contribution is 2.20. The molecule has 0 aliphatic rings. The number of nitrogens with one attached hydrogen (secondary N) is 1. The molecule has 1 N–H and O–H groups in total. The zero-order chi connectivity index (χ0) is 12.8. The van der Waals surface area contributed by atoms with Crippen LogP contribution < -0.4 is 5.32 Å². The van der Waals surface area contributed by atoms with E-state index in [1.54, 1.807) is 0 Å². The second-order valence-corrected chi connectivity index (χ2v) is 4.45. The summed E-state index contributed by atoms with van der Waals surface area (Å²) in [4.78, 5) is 0. The first-order valence-electron chi connectivity index (χ1n) is 6.57. The number of nitrogens with zero attached hydrogens (tertiary/aromatic N) is 1. The summed E-state index contributed by atoms with van der Waals surface area (Å²) >= 11 is 0. The van der Waals surface area contributed by atoms with Crippen molar-refractivity contribution < 1.29 is 0 Å². The largest absolute Gasteiger partial charge is 0.347 e. The molecule has 0 aliphatic heterocycles. The Morgan fingerprint density at radius 2 is 2.22 bits per heavy atom. The maximum atomic E-state index is 5.29. The van der Waals surface area contributed by atoms with Gasteiger partial charge in [0.05, 0.1) is 0 Å². The van der Waals surface area contributed by atoms with Crippen LogP contribution in [0.3, 0.4) is 0 Å². The first kappa shape index (κ1) is 12.7. The third-order valence-electron chi connectivity index (χ3n) is 3.19. The zero-order valence-corrected chi connectivity index (χ0v) is 10.9. The van der Waals surface area contributed by atoms with Crippen molar-refractivity contribution in [2.75, 3.05) is 6.54 Å². The Kier molecular flexibility index (Phi) is 4.44. The number of fused-ring (bicyclic) bond motifs is 1. The Morgan fingerprint density at radius 1 is 1.33 bits per heavy atom. The number of hydrogen-bond acceptors (Lipinski definition) is 1. The highest BCUT2D eigenvalue weighted by molar-refractivity contribution is 5.83. The molecule has 1 heterocycles. The van der Waals surface area contributed by atoms with Crippen molar-refractivity contribution in [2.24, 2.45) is 0 Å². The lowest BCUT2D eigenvalue weighted by Gasteiger charge is -2.07.